The fraction of sp³-hybridized carbons (Fsp3) is 0. The maximum atomic E-state index is 11.0. The second-order valence-electron chi connectivity index (χ2n) is 4.92. The van der Waals surface area contributed by atoms with E-state index in [9.17, 15) is 10.1 Å². The first kappa shape index (κ1) is 11.0. The number of nitrogens with zero attached hydrogens (tertiary/aromatic N) is 1. The molecule has 0 atom stereocenters. The number of anilines is 1. The van der Waals surface area contributed by atoms with Crippen molar-refractivity contribution < 1.29 is 4.92 Å². The molecule has 0 aliphatic heterocycles. The van der Waals surface area contributed by atoms with E-state index in [2.05, 4.69) is 0 Å². The van der Waals surface area contributed by atoms with Crippen LogP contribution in [-0.2, 0) is 0 Å². The Balaban J connectivity index is 2.15. The van der Waals surface area contributed by atoms with Crippen molar-refractivity contribution in [1.82, 2.24) is 0 Å². The molecule has 20 heavy (non-hydrogen) atoms. The first-order valence-corrected chi connectivity index (χ1v) is 6.27. The summed E-state index contributed by atoms with van der Waals surface area (Å²) in [6.07, 6.45) is 0. The molecule has 1 aliphatic rings. The Morgan fingerprint density at radius 1 is 0.900 bits per heavy atom. The van der Waals surface area contributed by atoms with Crippen LogP contribution in [0.2, 0.25) is 0 Å². The summed E-state index contributed by atoms with van der Waals surface area (Å²) >= 11 is 0. The van der Waals surface area contributed by atoms with Crippen molar-refractivity contribution >= 4 is 22.1 Å². The number of nitrogen functional groups attached to an aromatic ring is 1. The highest BCUT2D eigenvalue weighted by Crippen LogP contribution is 2.49. The minimum atomic E-state index is -0.363. The van der Waals surface area contributed by atoms with E-state index in [4.69, 9.17) is 5.73 Å². The van der Waals surface area contributed by atoms with Gasteiger partial charge in [-0.3, -0.25) is 10.1 Å². The first-order chi connectivity index (χ1) is 9.66. The van der Waals surface area contributed by atoms with E-state index < -0.39 is 0 Å². The number of hydrogen-bond acceptors (Lipinski definition) is 3. The van der Waals surface area contributed by atoms with Gasteiger partial charge in [-0.25, -0.2) is 0 Å². The van der Waals surface area contributed by atoms with Gasteiger partial charge in [-0.05, 0) is 39.8 Å². The van der Waals surface area contributed by atoms with Crippen LogP contribution in [0.1, 0.15) is 0 Å². The van der Waals surface area contributed by atoms with Crippen LogP contribution in [0, 0.1) is 10.1 Å². The van der Waals surface area contributed by atoms with Crippen LogP contribution in [0.4, 0.5) is 11.4 Å². The van der Waals surface area contributed by atoms with Gasteiger partial charge in [-0.15, -0.1) is 0 Å². The fourth-order valence-corrected chi connectivity index (χ4v) is 2.98. The molecule has 0 saturated carbocycles. The quantitative estimate of drug-likeness (QED) is 0.320. The Labute approximate surface area is 114 Å². The van der Waals surface area contributed by atoms with Crippen molar-refractivity contribution in [1.29, 1.82) is 0 Å². The zero-order chi connectivity index (χ0) is 13.9. The number of rotatable bonds is 1. The number of non-ortho nitro benzene ring substituents is 1. The Morgan fingerprint density at radius 2 is 1.65 bits per heavy atom. The number of benzene rings is 3. The smallest absolute Gasteiger partial charge is 0.270 e. The summed E-state index contributed by atoms with van der Waals surface area (Å²) in [5.74, 6) is 0. The third-order valence-corrected chi connectivity index (χ3v) is 3.87. The van der Waals surface area contributed by atoms with Crippen LogP contribution in [0.3, 0.4) is 0 Å². The molecule has 4 heteroatoms. The van der Waals surface area contributed by atoms with Gasteiger partial charge in [0.05, 0.1) is 4.92 Å². The summed E-state index contributed by atoms with van der Waals surface area (Å²) in [5.41, 5.74) is 10.9. The molecule has 0 amide bonds. The van der Waals surface area contributed by atoms with E-state index in [-0.39, 0.29) is 10.6 Å². The van der Waals surface area contributed by atoms with Crippen molar-refractivity contribution in [3.05, 3.63) is 58.6 Å². The van der Waals surface area contributed by atoms with Crippen molar-refractivity contribution in [2.24, 2.45) is 0 Å². The largest absolute Gasteiger partial charge is 0.398 e. The Hall–Kier alpha value is -2.88. The van der Waals surface area contributed by atoms with Gasteiger partial charge in [-0.1, -0.05) is 24.3 Å². The molecular weight excluding hydrogens is 252 g/mol. The van der Waals surface area contributed by atoms with E-state index in [0.717, 1.165) is 38.7 Å². The highest BCUT2D eigenvalue weighted by atomic mass is 16.6. The summed E-state index contributed by atoms with van der Waals surface area (Å²) in [6, 6.07) is 14.8. The lowest BCUT2D eigenvalue weighted by atomic mass is 10.0. The van der Waals surface area contributed by atoms with Crippen molar-refractivity contribution in [3.8, 4) is 22.3 Å². The van der Waals surface area contributed by atoms with Gasteiger partial charge < -0.3 is 5.73 Å². The molecule has 0 heterocycles. The molecule has 0 fully saturated rings. The molecule has 0 unspecified atom stereocenters. The van der Waals surface area contributed by atoms with E-state index in [1.54, 1.807) is 12.1 Å². The van der Waals surface area contributed by atoms with E-state index in [1.165, 1.54) is 0 Å². The third kappa shape index (κ3) is 1.25. The van der Waals surface area contributed by atoms with Gasteiger partial charge in [0.1, 0.15) is 0 Å². The zero-order valence-corrected chi connectivity index (χ0v) is 10.5. The molecular formula is C16H10N2O2. The molecule has 0 bridgehead atoms. The summed E-state index contributed by atoms with van der Waals surface area (Å²) < 4.78 is 0. The molecule has 3 aromatic carbocycles. The highest BCUT2D eigenvalue weighted by molar-refractivity contribution is 6.18. The maximum absolute atomic E-state index is 11.0. The van der Waals surface area contributed by atoms with E-state index in [0.29, 0.717) is 0 Å². The summed E-state index contributed by atoms with van der Waals surface area (Å²) in [7, 11) is 0. The second kappa shape index (κ2) is 3.57. The molecule has 4 rings (SSSR count). The number of hydrogen-bond donors (Lipinski definition) is 1. The molecule has 4 nitrogen and oxygen atoms in total. The number of nitrogens with two attached hydrogens (primary N) is 1. The number of fused-ring (bicyclic) bond motifs is 3. The molecule has 0 spiro atoms. The van der Waals surface area contributed by atoms with Crippen LogP contribution in [-0.4, -0.2) is 4.92 Å². The Kier molecular flexibility index (Phi) is 1.96. The Bertz CT molecular complexity index is 900. The van der Waals surface area contributed by atoms with Gasteiger partial charge >= 0.3 is 0 Å². The van der Waals surface area contributed by atoms with Crippen LogP contribution in [0.5, 0.6) is 0 Å². The minimum absolute atomic E-state index is 0.113. The van der Waals surface area contributed by atoms with Crippen molar-refractivity contribution in [2.45, 2.75) is 0 Å². The standard InChI is InChI=1S/C16H10N2O2/c17-15-7-6-12-10-5-4-9(18(19)20)8-14(10)11-2-1-3-13(15)16(11)12/h1-8H,17H2. The van der Waals surface area contributed by atoms with E-state index >= 15 is 0 Å². The SMILES string of the molecule is Nc1ccc2c3c(cccc13)-c1cc([N+](=O)[O-])ccc1-2. The first-order valence-electron chi connectivity index (χ1n) is 6.27. The molecule has 0 radical (unpaired) electrons. The van der Waals surface area contributed by atoms with Gasteiger partial charge in [0, 0.05) is 23.2 Å². The minimum Gasteiger partial charge on any atom is -0.398 e. The summed E-state index contributed by atoms with van der Waals surface area (Å²) in [6.45, 7) is 0. The molecule has 0 saturated heterocycles. The molecule has 3 aromatic rings. The van der Waals surface area contributed by atoms with Crippen LogP contribution < -0.4 is 5.73 Å². The summed E-state index contributed by atoms with van der Waals surface area (Å²) in [4.78, 5) is 10.6. The number of nitro benzene ring substituents is 1. The lowest BCUT2D eigenvalue weighted by Crippen LogP contribution is -1.88. The average molecular weight is 262 g/mol. The monoisotopic (exact) mass is 262 g/mol. The lowest BCUT2D eigenvalue weighted by molar-refractivity contribution is -0.384. The molecule has 2 N–H and O–H groups in total. The zero-order valence-electron chi connectivity index (χ0n) is 10.5. The normalized spacial score (nSPS) is 11.6. The lowest BCUT2D eigenvalue weighted by Gasteiger charge is -2.04. The Morgan fingerprint density at radius 3 is 2.45 bits per heavy atom. The predicted molar refractivity (Wildman–Crippen MR) is 79.4 cm³/mol. The van der Waals surface area contributed by atoms with Gasteiger partial charge in [0.15, 0.2) is 0 Å². The van der Waals surface area contributed by atoms with Crippen molar-refractivity contribution in [3.63, 3.8) is 0 Å². The van der Waals surface area contributed by atoms with Gasteiger partial charge in [0.25, 0.3) is 5.69 Å². The molecule has 96 valence electrons. The average Bonchev–Trinajstić information content (AvgIpc) is 2.78. The number of nitro groups is 1. The second-order valence-corrected chi connectivity index (χ2v) is 4.92. The highest BCUT2D eigenvalue weighted by Gasteiger charge is 2.23. The predicted octanol–water partition coefficient (Wildman–Crippen LogP) is 3.98. The summed E-state index contributed by atoms with van der Waals surface area (Å²) in [5, 5.41) is 13.0. The van der Waals surface area contributed by atoms with Gasteiger partial charge in [-0.2, -0.15) is 0 Å². The third-order valence-electron chi connectivity index (χ3n) is 3.87. The van der Waals surface area contributed by atoms with E-state index in [1.807, 2.05) is 36.4 Å². The van der Waals surface area contributed by atoms with Gasteiger partial charge in [0.2, 0.25) is 0 Å². The van der Waals surface area contributed by atoms with Crippen LogP contribution >= 0.6 is 0 Å². The topological polar surface area (TPSA) is 69.2 Å². The molecule has 1 aliphatic carbocycles. The van der Waals surface area contributed by atoms with Crippen LogP contribution in [0.15, 0.2) is 48.5 Å². The maximum Gasteiger partial charge on any atom is 0.270 e. The van der Waals surface area contributed by atoms with Crippen molar-refractivity contribution in [2.75, 3.05) is 5.73 Å². The van der Waals surface area contributed by atoms with Crippen LogP contribution in [0.25, 0.3) is 33.0 Å². The molecule has 0 aromatic heterocycles. The fourth-order valence-electron chi connectivity index (χ4n) is 2.98.